The number of carbonyl (C=O) groups is 1. The minimum Gasteiger partial charge on any atom is -0.409 e. The lowest BCUT2D eigenvalue weighted by atomic mass is 10.2. The third kappa shape index (κ3) is 8.50. The van der Waals surface area contributed by atoms with E-state index in [1.54, 1.807) is 0 Å². The summed E-state index contributed by atoms with van der Waals surface area (Å²) in [6, 6.07) is -0.0337. The lowest BCUT2D eigenvalue weighted by Gasteiger charge is -2.15. The highest BCUT2D eigenvalue weighted by Gasteiger charge is 2.11. The number of amidine groups is 1. The monoisotopic (exact) mass is 244 g/mol. The van der Waals surface area contributed by atoms with E-state index in [0.29, 0.717) is 6.42 Å². The third-order valence-electron chi connectivity index (χ3n) is 2.26. The van der Waals surface area contributed by atoms with Gasteiger partial charge in [-0.05, 0) is 40.2 Å². The summed E-state index contributed by atoms with van der Waals surface area (Å²) in [5.74, 6) is 0.257. The van der Waals surface area contributed by atoms with Crippen molar-refractivity contribution in [1.29, 1.82) is 0 Å². The third-order valence-corrected chi connectivity index (χ3v) is 2.26. The van der Waals surface area contributed by atoms with Crippen LogP contribution >= 0.6 is 0 Å². The maximum absolute atomic E-state index is 11.5. The number of nitrogens with one attached hydrogen (secondary N) is 2. The molecule has 0 saturated carbocycles. The molecular weight excluding hydrogens is 220 g/mol. The molecule has 0 rings (SSSR count). The van der Waals surface area contributed by atoms with Crippen LogP contribution in [0.15, 0.2) is 5.16 Å². The average molecular weight is 244 g/mol. The van der Waals surface area contributed by atoms with E-state index in [0.717, 1.165) is 19.4 Å². The van der Waals surface area contributed by atoms with Crippen molar-refractivity contribution in [3.63, 3.8) is 0 Å². The molecule has 0 bridgehead atoms. The Morgan fingerprint density at radius 2 is 2.00 bits per heavy atom. The molecule has 1 atom stereocenters. The summed E-state index contributed by atoms with van der Waals surface area (Å²) in [7, 11) is 0. The van der Waals surface area contributed by atoms with E-state index in [9.17, 15) is 4.79 Å². The molecular formula is C11H24N4O2. The predicted octanol–water partition coefficient (Wildman–Crippen LogP) is 0.406. The SMILES string of the molecule is CC(C)NC(=O)C(C)NCCCCC(N)=NO. The highest BCUT2D eigenvalue weighted by Crippen LogP contribution is 1.95. The molecule has 1 amide bonds. The van der Waals surface area contributed by atoms with E-state index < -0.39 is 0 Å². The second kappa shape index (κ2) is 8.81. The van der Waals surface area contributed by atoms with Gasteiger partial charge in [0, 0.05) is 12.5 Å². The van der Waals surface area contributed by atoms with Gasteiger partial charge >= 0.3 is 0 Å². The van der Waals surface area contributed by atoms with Crippen molar-refractivity contribution < 1.29 is 10.0 Å². The van der Waals surface area contributed by atoms with E-state index >= 15 is 0 Å². The van der Waals surface area contributed by atoms with Crippen molar-refractivity contribution in [3.8, 4) is 0 Å². The molecule has 0 aromatic rings. The molecule has 0 radical (unpaired) electrons. The van der Waals surface area contributed by atoms with E-state index in [1.165, 1.54) is 0 Å². The van der Waals surface area contributed by atoms with E-state index in [1.807, 2.05) is 20.8 Å². The lowest BCUT2D eigenvalue weighted by molar-refractivity contribution is -0.123. The van der Waals surface area contributed by atoms with Gasteiger partial charge in [0.1, 0.15) is 5.84 Å². The van der Waals surface area contributed by atoms with Gasteiger partial charge in [0.05, 0.1) is 6.04 Å². The Kier molecular flexibility index (Phi) is 8.13. The zero-order valence-corrected chi connectivity index (χ0v) is 10.9. The van der Waals surface area contributed by atoms with Gasteiger partial charge in [-0.15, -0.1) is 0 Å². The molecule has 0 aliphatic heterocycles. The largest absolute Gasteiger partial charge is 0.409 e. The minimum absolute atomic E-state index is 0.0106. The van der Waals surface area contributed by atoms with Crippen LogP contribution in [0.2, 0.25) is 0 Å². The van der Waals surface area contributed by atoms with Crippen LogP contribution < -0.4 is 16.4 Å². The van der Waals surface area contributed by atoms with E-state index in [-0.39, 0.29) is 23.8 Å². The van der Waals surface area contributed by atoms with Gasteiger partial charge in [0.25, 0.3) is 0 Å². The molecule has 100 valence electrons. The first-order valence-electron chi connectivity index (χ1n) is 5.97. The zero-order valence-electron chi connectivity index (χ0n) is 10.9. The van der Waals surface area contributed by atoms with Crippen LogP contribution in [0.5, 0.6) is 0 Å². The number of nitrogens with two attached hydrogens (primary N) is 1. The Bertz CT molecular complexity index is 254. The Balaban J connectivity index is 3.57. The van der Waals surface area contributed by atoms with Gasteiger partial charge in [0.15, 0.2) is 0 Å². The summed E-state index contributed by atoms with van der Waals surface area (Å²) in [5, 5.41) is 17.2. The second-order valence-electron chi connectivity index (χ2n) is 4.39. The fraction of sp³-hybridized carbons (Fsp3) is 0.818. The van der Waals surface area contributed by atoms with Crippen molar-refractivity contribution in [1.82, 2.24) is 10.6 Å². The highest BCUT2D eigenvalue weighted by atomic mass is 16.4. The van der Waals surface area contributed by atoms with Gasteiger partial charge in [-0.3, -0.25) is 4.79 Å². The van der Waals surface area contributed by atoms with Crippen LogP contribution in [0.3, 0.4) is 0 Å². The summed E-state index contributed by atoms with van der Waals surface area (Å²) in [6.45, 7) is 6.44. The molecule has 0 aliphatic rings. The van der Waals surface area contributed by atoms with E-state index in [2.05, 4.69) is 15.8 Å². The molecule has 6 nitrogen and oxygen atoms in total. The fourth-order valence-electron chi connectivity index (χ4n) is 1.30. The smallest absolute Gasteiger partial charge is 0.237 e. The van der Waals surface area contributed by atoms with Crippen molar-refractivity contribution >= 4 is 11.7 Å². The van der Waals surface area contributed by atoms with Crippen molar-refractivity contribution in [2.24, 2.45) is 10.9 Å². The molecule has 0 fully saturated rings. The summed E-state index contributed by atoms with van der Waals surface area (Å²) < 4.78 is 0. The first-order valence-corrected chi connectivity index (χ1v) is 5.97. The molecule has 0 aliphatic carbocycles. The van der Waals surface area contributed by atoms with Gasteiger partial charge in [-0.1, -0.05) is 5.16 Å². The van der Waals surface area contributed by atoms with Gasteiger partial charge in [0.2, 0.25) is 5.91 Å². The maximum Gasteiger partial charge on any atom is 0.237 e. The second-order valence-corrected chi connectivity index (χ2v) is 4.39. The Morgan fingerprint density at radius 1 is 1.35 bits per heavy atom. The number of hydrogen-bond donors (Lipinski definition) is 4. The Morgan fingerprint density at radius 3 is 2.53 bits per heavy atom. The normalized spacial score (nSPS) is 13.8. The number of unbranched alkanes of at least 4 members (excludes halogenated alkanes) is 1. The fourth-order valence-corrected chi connectivity index (χ4v) is 1.30. The summed E-state index contributed by atoms with van der Waals surface area (Å²) in [4.78, 5) is 11.5. The number of carbonyl (C=O) groups excluding carboxylic acids is 1. The summed E-state index contributed by atoms with van der Waals surface area (Å²) >= 11 is 0. The predicted molar refractivity (Wildman–Crippen MR) is 68.0 cm³/mol. The van der Waals surface area contributed by atoms with Gasteiger partial charge in [-0.2, -0.15) is 0 Å². The standard InChI is InChI=1S/C11H24N4O2/c1-8(2)14-11(16)9(3)13-7-5-4-6-10(12)15-17/h8-9,13,17H,4-7H2,1-3H3,(H2,12,15)(H,14,16). The van der Waals surface area contributed by atoms with Crippen LogP contribution in [0.1, 0.15) is 40.0 Å². The van der Waals surface area contributed by atoms with Crippen molar-refractivity contribution in [2.45, 2.75) is 52.1 Å². The summed E-state index contributed by atoms with van der Waals surface area (Å²) in [5.41, 5.74) is 5.33. The highest BCUT2D eigenvalue weighted by molar-refractivity contribution is 5.81. The van der Waals surface area contributed by atoms with Crippen LogP contribution in [-0.4, -0.2) is 35.6 Å². The molecule has 5 N–H and O–H groups in total. The van der Waals surface area contributed by atoms with Gasteiger partial charge < -0.3 is 21.6 Å². The number of amides is 1. The van der Waals surface area contributed by atoms with Crippen LogP contribution in [0, 0.1) is 0 Å². The first kappa shape index (κ1) is 15.7. The quantitative estimate of drug-likeness (QED) is 0.163. The first-order chi connectivity index (χ1) is 7.97. The number of oxime groups is 1. The molecule has 0 aromatic carbocycles. The molecule has 17 heavy (non-hydrogen) atoms. The minimum atomic E-state index is -0.193. The van der Waals surface area contributed by atoms with Crippen molar-refractivity contribution in [3.05, 3.63) is 0 Å². The Hall–Kier alpha value is -1.30. The average Bonchev–Trinajstić information content (AvgIpc) is 2.26. The topological polar surface area (TPSA) is 99.7 Å². The molecule has 0 saturated heterocycles. The maximum atomic E-state index is 11.5. The Labute approximate surface area is 103 Å². The molecule has 6 heteroatoms. The molecule has 0 aromatic heterocycles. The van der Waals surface area contributed by atoms with Crippen molar-refractivity contribution in [2.75, 3.05) is 6.54 Å². The number of nitrogens with zero attached hydrogens (tertiary/aromatic N) is 1. The van der Waals surface area contributed by atoms with Crippen LogP contribution in [-0.2, 0) is 4.79 Å². The lowest BCUT2D eigenvalue weighted by Crippen LogP contribution is -2.44. The molecule has 0 spiro atoms. The molecule has 0 heterocycles. The van der Waals surface area contributed by atoms with E-state index in [4.69, 9.17) is 10.9 Å². The number of rotatable bonds is 8. The van der Waals surface area contributed by atoms with Crippen LogP contribution in [0.25, 0.3) is 0 Å². The number of hydrogen-bond acceptors (Lipinski definition) is 4. The van der Waals surface area contributed by atoms with Crippen LogP contribution in [0.4, 0.5) is 0 Å². The molecule has 1 unspecified atom stereocenters. The zero-order chi connectivity index (χ0) is 13.3. The summed E-state index contributed by atoms with van der Waals surface area (Å²) in [6.07, 6.45) is 2.29. The van der Waals surface area contributed by atoms with Gasteiger partial charge in [-0.25, -0.2) is 0 Å².